The van der Waals surface area contributed by atoms with Crippen LogP contribution in [-0.4, -0.2) is 32.3 Å². The van der Waals surface area contributed by atoms with Crippen molar-refractivity contribution in [2.75, 3.05) is 20.2 Å². The van der Waals surface area contributed by atoms with Crippen LogP contribution in [0.25, 0.3) is 10.8 Å². The number of para-hydroxylation sites is 1. The number of nitrogens with one attached hydrogen (secondary N) is 1. The Hall–Kier alpha value is -3.63. The van der Waals surface area contributed by atoms with Gasteiger partial charge >= 0.3 is 5.97 Å². The van der Waals surface area contributed by atoms with Crippen LogP contribution in [0, 0.1) is 6.92 Å². The lowest BCUT2D eigenvalue weighted by Crippen LogP contribution is -2.28. The molecule has 4 nitrogen and oxygen atoms in total. The maximum absolute atomic E-state index is 12.3. The summed E-state index contributed by atoms with van der Waals surface area (Å²) in [6, 6.07) is 29.6. The zero-order valence-electron chi connectivity index (χ0n) is 21.7. The van der Waals surface area contributed by atoms with Crippen molar-refractivity contribution in [1.29, 1.82) is 0 Å². The summed E-state index contributed by atoms with van der Waals surface area (Å²) in [4.78, 5) is 12.3. The van der Waals surface area contributed by atoms with Crippen LogP contribution < -0.4 is 10.1 Å². The van der Waals surface area contributed by atoms with Crippen LogP contribution in [0.15, 0.2) is 84.9 Å². The van der Waals surface area contributed by atoms with Crippen molar-refractivity contribution in [3.8, 4) is 5.75 Å². The number of rotatable bonds is 9. The lowest BCUT2D eigenvalue weighted by Gasteiger charge is -2.33. The monoisotopic (exact) mass is 493 g/mol. The molecule has 1 aliphatic rings. The topological polar surface area (TPSA) is 47.6 Å². The van der Waals surface area contributed by atoms with Crippen LogP contribution in [0.4, 0.5) is 0 Å². The minimum Gasteiger partial charge on any atom is -0.490 e. The van der Waals surface area contributed by atoms with Crippen LogP contribution >= 0.6 is 0 Å². The molecule has 0 unspecified atom stereocenters. The maximum Gasteiger partial charge on any atom is 0.338 e. The van der Waals surface area contributed by atoms with E-state index in [9.17, 15) is 4.79 Å². The second kappa shape index (κ2) is 11.6. The normalized spacial score (nSPS) is 16.7. The second-order valence-corrected chi connectivity index (χ2v) is 9.91. The number of hydrogen-bond acceptors (Lipinski definition) is 4. The van der Waals surface area contributed by atoms with E-state index in [1.807, 2.05) is 25.1 Å². The highest BCUT2D eigenvalue weighted by Crippen LogP contribution is 2.41. The quantitative estimate of drug-likeness (QED) is 0.205. The Balaban J connectivity index is 1.19. The van der Waals surface area contributed by atoms with Crippen LogP contribution in [0.5, 0.6) is 5.75 Å². The predicted octanol–water partition coefficient (Wildman–Crippen LogP) is 6.83. The summed E-state index contributed by atoms with van der Waals surface area (Å²) in [7, 11) is 1.43. The van der Waals surface area contributed by atoms with Crippen molar-refractivity contribution >= 4 is 16.7 Å². The summed E-state index contributed by atoms with van der Waals surface area (Å²) >= 11 is 0. The largest absolute Gasteiger partial charge is 0.490 e. The molecule has 0 bridgehead atoms. The van der Waals surface area contributed by atoms with E-state index in [0.717, 1.165) is 55.6 Å². The molecule has 0 aliphatic carbocycles. The van der Waals surface area contributed by atoms with Gasteiger partial charge in [0, 0.05) is 11.5 Å². The summed E-state index contributed by atoms with van der Waals surface area (Å²) in [5, 5.41) is 6.27. The van der Waals surface area contributed by atoms with E-state index in [0.29, 0.717) is 5.56 Å². The first-order valence-electron chi connectivity index (χ1n) is 13.3. The molecule has 1 aliphatic heterocycles. The number of methoxy groups -OCH3 is 1. The number of esters is 1. The zero-order valence-corrected chi connectivity index (χ0v) is 21.7. The van der Waals surface area contributed by atoms with Gasteiger partial charge in [0.1, 0.15) is 5.75 Å². The average Bonchev–Trinajstić information content (AvgIpc) is 2.94. The zero-order chi connectivity index (χ0) is 25.6. The Labute approximate surface area is 219 Å². The second-order valence-electron chi connectivity index (χ2n) is 9.91. The molecule has 1 heterocycles. The number of fused-ring (bicyclic) bond motifs is 2. The molecule has 0 spiro atoms. The maximum atomic E-state index is 12.3. The average molecular weight is 494 g/mol. The molecule has 1 N–H and O–H groups in total. The minimum atomic E-state index is -0.286. The third kappa shape index (κ3) is 5.70. The van der Waals surface area contributed by atoms with Gasteiger partial charge in [-0.1, -0.05) is 72.8 Å². The van der Waals surface area contributed by atoms with Gasteiger partial charge in [-0.2, -0.15) is 0 Å². The first kappa shape index (κ1) is 25.0. The first-order chi connectivity index (χ1) is 18.1. The Morgan fingerprint density at radius 2 is 1.78 bits per heavy atom. The van der Waals surface area contributed by atoms with Crippen molar-refractivity contribution in [2.45, 2.75) is 44.6 Å². The highest BCUT2D eigenvalue weighted by atomic mass is 16.5. The lowest BCUT2D eigenvalue weighted by atomic mass is 9.82. The molecule has 0 saturated heterocycles. The molecule has 4 heteroatoms. The predicted molar refractivity (Wildman–Crippen MR) is 150 cm³/mol. The molecule has 0 aromatic heterocycles. The van der Waals surface area contributed by atoms with Crippen molar-refractivity contribution < 1.29 is 14.3 Å². The van der Waals surface area contributed by atoms with Gasteiger partial charge in [-0.15, -0.1) is 0 Å². The van der Waals surface area contributed by atoms with Crippen molar-refractivity contribution in [1.82, 2.24) is 5.32 Å². The molecule has 0 saturated carbocycles. The Bertz CT molecular complexity index is 1370. The van der Waals surface area contributed by atoms with Gasteiger partial charge in [0.2, 0.25) is 0 Å². The van der Waals surface area contributed by atoms with Gasteiger partial charge in [-0.25, -0.2) is 4.79 Å². The van der Waals surface area contributed by atoms with Crippen molar-refractivity contribution in [3.63, 3.8) is 0 Å². The van der Waals surface area contributed by atoms with Gasteiger partial charge < -0.3 is 14.8 Å². The standard InChI is InChI=1S/C33H35NO3/c1-23-16-17-26(21-30(23)33(35)36-2)31-22-27(37-32-15-6-5-14-29(31)32)12-8-19-34-20-18-25-11-7-10-24-9-3-4-13-28(24)25/h3-7,9-11,13-17,21,27,31,34H,8,12,18-20,22H2,1-2H3/t27-,31+/m0/s1. The Morgan fingerprint density at radius 1 is 0.973 bits per heavy atom. The highest BCUT2D eigenvalue weighted by Gasteiger charge is 2.29. The number of hydrogen-bond donors (Lipinski definition) is 1. The third-order valence-corrected chi connectivity index (χ3v) is 7.49. The number of carbonyl (C=O) groups excluding carboxylic acids is 1. The first-order valence-corrected chi connectivity index (χ1v) is 13.3. The Morgan fingerprint density at radius 3 is 2.68 bits per heavy atom. The van der Waals surface area contributed by atoms with Crippen LogP contribution in [0.3, 0.4) is 0 Å². The highest BCUT2D eigenvalue weighted by molar-refractivity contribution is 5.91. The molecular weight excluding hydrogens is 458 g/mol. The minimum absolute atomic E-state index is 0.141. The van der Waals surface area contributed by atoms with E-state index in [2.05, 4.69) is 72.0 Å². The van der Waals surface area contributed by atoms with E-state index in [-0.39, 0.29) is 18.0 Å². The van der Waals surface area contributed by atoms with E-state index < -0.39 is 0 Å². The summed E-state index contributed by atoms with van der Waals surface area (Å²) in [6.45, 7) is 3.88. The van der Waals surface area contributed by atoms with Gasteiger partial charge in [0.25, 0.3) is 0 Å². The third-order valence-electron chi connectivity index (χ3n) is 7.49. The molecule has 0 fully saturated rings. The fraction of sp³-hybridized carbons (Fsp3) is 0.303. The van der Waals surface area contributed by atoms with E-state index in [1.54, 1.807) is 0 Å². The molecule has 5 rings (SSSR count). The van der Waals surface area contributed by atoms with E-state index in [4.69, 9.17) is 9.47 Å². The van der Waals surface area contributed by atoms with Gasteiger partial charge in [-0.05, 0) is 85.3 Å². The molecule has 4 aromatic carbocycles. The molecule has 37 heavy (non-hydrogen) atoms. The fourth-order valence-corrected chi connectivity index (χ4v) is 5.49. The molecular formula is C33H35NO3. The van der Waals surface area contributed by atoms with Gasteiger partial charge in [-0.3, -0.25) is 0 Å². The number of aryl methyl sites for hydroxylation is 1. The molecule has 190 valence electrons. The summed E-state index contributed by atoms with van der Waals surface area (Å²) in [5.74, 6) is 0.858. The molecule has 4 aromatic rings. The van der Waals surface area contributed by atoms with E-state index >= 15 is 0 Å². The number of ether oxygens (including phenoxy) is 2. The Kier molecular flexibility index (Phi) is 7.86. The van der Waals surface area contributed by atoms with Gasteiger partial charge in [0.15, 0.2) is 0 Å². The summed E-state index contributed by atoms with van der Waals surface area (Å²) in [6.07, 6.45) is 4.10. The van der Waals surface area contributed by atoms with Gasteiger partial charge in [0.05, 0.1) is 18.8 Å². The fourth-order valence-electron chi connectivity index (χ4n) is 5.49. The lowest BCUT2D eigenvalue weighted by molar-refractivity contribution is 0.0599. The van der Waals surface area contributed by atoms with Crippen molar-refractivity contribution in [2.24, 2.45) is 0 Å². The summed E-state index contributed by atoms with van der Waals surface area (Å²) in [5.41, 5.74) is 5.29. The molecule has 0 radical (unpaired) electrons. The molecule has 0 amide bonds. The summed E-state index contributed by atoms with van der Waals surface area (Å²) < 4.78 is 11.4. The van der Waals surface area contributed by atoms with Crippen molar-refractivity contribution in [3.05, 3.63) is 113 Å². The SMILES string of the molecule is COC(=O)c1cc([C@H]2C[C@H](CCCNCCc3cccc4ccccc34)Oc3ccccc32)ccc1C. The van der Waals surface area contributed by atoms with Crippen LogP contribution in [0.2, 0.25) is 0 Å². The molecule has 2 atom stereocenters. The smallest absolute Gasteiger partial charge is 0.338 e. The number of carbonyl (C=O) groups is 1. The van der Waals surface area contributed by atoms with E-state index in [1.165, 1.54) is 29.0 Å². The van der Waals surface area contributed by atoms with Crippen LogP contribution in [0.1, 0.15) is 57.8 Å². The van der Waals surface area contributed by atoms with Crippen LogP contribution in [-0.2, 0) is 11.2 Å². The number of benzene rings is 4.